The van der Waals surface area contributed by atoms with Crippen molar-refractivity contribution in [2.75, 3.05) is 10.6 Å². The van der Waals surface area contributed by atoms with Crippen LogP contribution >= 0.6 is 15.9 Å². The first kappa shape index (κ1) is 14.2. The smallest absolute Gasteiger partial charge is 0.326 e. The molecule has 0 atom stereocenters. The van der Waals surface area contributed by atoms with Crippen LogP contribution in [0.5, 0.6) is 0 Å². The van der Waals surface area contributed by atoms with Crippen LogP contribution in [0.25, 0.3) is 11.0 Å². The number of nitrogens with zero attached hydrogens (tertiary/aromatic N) is 3. The summed E-state index contributed by atoms with van der Waals surface area (Å²) in [5.41, 5.74) is 2.42. The molecule has 9 heteroatoms. The Morgan fingerprint density at radius 2 is 2.00 bits per heavy atom. The van der Waals surface area contributed by atoms with Gasteiger partial charge >= 0.3 is 6.03 Å². The number of carbonyl (C=O) groups excluding carboxylic acids is 1. The number of amides is 2. The largest absolute Gasteiger partial charge is 0.338 e. The van der Waals surface area contributed by atoms with Gasteiger partial charge in [-0.3, -0.25) is 5.32 Å². The van der Waals surface area contributed by atoms with Gasteiger partial charge in [0.1, 0.15) is 0 Å². The molecule has 1 aliphatic rings. The van der Waals surface area contributed by atoms with Gasteiger partial charge in [-0.1, -0.05) is 12.1 Å². The van der Waals surface area contributed by atoms with E-state index in [9.17, 15) is 4.79 Å². The molecule has 1 saturated carbocycles. The second-order valence-electron chi connectivity index (χ2n) is 5.77. The fourth-order valence-electron chi connectivity index (χ4n) is 2.26. The number of halogens is 1. The highest BCUT2D eigenvalue weighted by Crippen LogP contribution is 2.47. The normalized spacial score (nSPS) is 15.6. The molecule has 0 radical (unpaired) electrons. The first-order valence-electron chi connectivity index (χ1n) is 7.01. The van der Waals surface area contributed by atoms with Gasteiger partial charge in [0.15, 0.2) is 11.0 Å². The van der Waals surface area contributed by atoms with Gasteiger partial charge in [-0.05, 0) is 51.2 Å². The number of rotatable bonds is 3. The summed E-state index contributed by atoms with van der Waals surface area (Å²) in [5.74, 6) is 0.303. The molecule has 2 heterocycles. The van der Waals surface area contributed by atoms with Crippen molar-refractivity contribution in [3.8, 4) is 0 Å². The van der Waals surface area contributed by atoms with Gasteiger partial charge < -0.3 is 9.84 Å². The predicted octanol–water partition coefficient (Wildman–Crippen LogP) is 3.67. The van der Waals surface area contributed by atoms with Gasteiger partial charge in [-0.15, -0.1) is 0 Å². The number of carbonyl (C=O) groups is 1. The number of hydrogen-bond donors (Lipinski definition) is 2. The van der Waals surface area contributed by atoms with Crippen molar-refractivity contribution in [2.45, 2.75) is 25.2 Å². The predicted molar refractivity (Wildman–Crippen MR) is 85.2 cm³/mol. The summed E-state index contributed by atoms with van der Waals surface area (Å²) in [6, 6.07) is 4.75. The van der Waals surface area contributed by atoms with E-state index in [0.29, 0.717) is 22.6 Å². The van der Waals surface area contributed by atoms with Crippen LogP contribution in [0.1, 0.15) is 25.5 Å². The van der Waals surface area contributed by atoms with Crippen LogP contribution in [0.15, 0.2) is 31.8 Å². The Hall–Kier alpha value is -2.42. The second kappa shape index (κ2) is 5.05. The Bertz CT molecular complexity index is 899. The lowest BCUT2D eigenvalue weighted by molar-refractivity contribution is 0.261. The monoisotopic (exact) mass is 377 g/mol. The lowest BCUT2D eigenvalue weighted by atomic mass is 10.1. The number of aromatic nitrogens is 3. The third-order valence-corrected chi connectivity index (χ3v) is 4.62. The molecule has 1 aliphatic carbocycles. The van der Waals surface area contributed by atoms with E-state index in [0.717, 1.165) is 23.0 Å². The zero-order valence-corrected chi connectivity index (χ0v) is 13.7. The topological polar surface area (TPSA) is 106 Å². The van der Waals surface area contributed by atoms with E-state index in [1.165, 1.54) is 0 Å². The SMILES string of the molecule is CC1(c2cc(NC(=O)Nc3ccc(Br)c4nonc34)on2)CC1. The molecule has 3 aromatic rings. The van der Waals surface area contributed by atoms with Crippen molar-refractivity contribution in [3.63, 3.8) is 0 Å². The molecule has 0 saturated heterocycles. The number of hydrogen-bond acceptors (Lipinski definition) is 6. The average Bonchev–Trinajstić information content (AvgIpc) is 2.96. The summed E-state index contributed by atoms with van der Waals surface area (Å²) in [4.78, 5) is 12.1. The minimum atomic E-state index is -0.458. The number of urea groups is 1. The van der Waals surface area contributed by atoms with Crippen LogP contribution in [0.2, 0.25) is 0 Å². The highest BCUT2D eigenvalue weighted by atomic mass is 79.9. The molecule has 118 valence electrons. The van der Waals surface area contributed by atoms with Crippen LogP contribution < -0.4 is 10.6 Å². The number of fused-ring (bicyclic) bond motifs is 1. The maximum atomic E-state index is 12.1. The molecule has 0 bridgehead atoms. The Kier molecular flexibility index (Phi) is 3.12. The molecule has 0 unspecified atom stereocenters. The summed E-state index contributed by atoms with van der Waals surface area (Å²) in [5, 5.41) is 16.9. The fraction of sp³-hybridized carbons (Fsp3) is 0.286. The third-order valence-electron chi connectivity index (χ3n) is 3.98. The van der Waals surface area contributed by atoms with Crippen molar-refractivity contribution in [2.24, 2.45) is 0 Å². The molecule has 23 heavy (non-hydrogen) atoms. The van der Waals surface area contributed by atoms with Gasteiger partial charge in [0.25, 0.3) is 0 Å². The Morgan fingerprint density at radius 3 is 2.78 bits per heavy atom. The van der Waals surface area contributed by atoms with E-state index >= 15 is 0 Å². The van der Waals surface area contributed by atoms with Crippen molar-refractivity contribution in [3.05, 3.63) is 28.4 Å². The summed E-state index contributed by atoms with van der Waals surface area (Å²) >= 11 is 3.34. The Balaban J connectivity index is 1.50. The zero-order chi connectivity index (χ0) is 16.0. The first-order chi connectivity index (χ1) is 11.0. The van der Waals surface area contributed by atoms with Gasteiger partial charge in [-0.2, -0.15) is 0 Å². The van der Waals surface area contributed by atoms with Crippen LogP contribution in [-0.2, 0) is 5.41 Å². The summed E-state index contributed by atoms with van der Waals surface area (Å²) in [7, 11) is 0. The molecule has 2 aromatic heterocycles. The van der Waals surface area contributed by atoms with Gasteiger partial charge in [0.05, 0.1) is 11.4 Å². The number of benzene rings is 1. The molecule has 0 aliphatic heterocycles. The Morgan fingerprint density at radius 1 is 1.22 bits per heavy atom. The lowest BCUT2D eigenvalue weighted by Gasteiger charge is -2.05. The molecule has 2 N–H and O–H groups in total. The average molecular weight is 378 g/mol. The Labute approximate surface area is 138 Å². The molecular formula is C14H12BrN5O3. The highest BCUT2D eigenvalue weighted by molar-refractivity contribution is 9.10. The molecule has 1 aromatic carbocycles. The van der Waals surface area contributed by atoms with E-state index in [2.05, 4.69) is 49.0 Å². The van der Waals surface area contributed by atoms with Crippen molar-refractivity contribution in [1.82, 2.24) is 15.5 Å². The molecule has 4 rings (SSSR count). The maximum Gasteiger partial charge on any atom is 0.326 e. The zero-order valence-electron chi connectivity index (χ0n) is 12.1. The minimum Gasteiger partial charge on any atom is -0.338 e. The van der Waals surface area contributed by atoms with E-state index in [1.807, 2.05) is 0 Å². The van der Waals surface area contributed by atoms with Crippen molar-refractivity contribution >= 4 is 44.6 Å². The van der Waals surface area contributed by atoms with Crippen molar-refractivity contribution < 1.29 is 13.9 Å². The van der Waals surface area contributed by atoms with Gasteiger partial charge in [0, 0.05) is 16.0 Å². The highest BCUT2D eigenvalue weighted by Gasteiger charge is 2.42. The first-order valence-corrected chi connectivity index (χ1v) is 7.80. The number of anilines is 2. The van der Waals surface area contributed by atoms with Gasteiger partial charge in [-0.25, -0.2) is 9.42 Å². The molecule has 0 spiro atoms. The van der Waals surface area contributed by atoms with Gasteiger partial charge in [0.2, 0.25) is 5.88 Å². The van der Waals surface area contributed by atoms with E-state index < -0.39 is 6.03 Å². The molecule has 2 amide bonds. The van der Waals surface area contributed by atoms with Crippen LogP contribution in [-0.4, -0.2) is 21.5 Å². The second-order valence-corrected chi connectivity index (χ2v) is 6.63. The van der Waals surface area contributed by atoms with Crippen LogP contribution in [0.3, 0.4) is 0 Å². The van der Waals surface area contributed by atoms with Crippen molar-refractivity contribution in [1.29, 1.82) is 0 Å². The fourth-order valence-corrected chi connectivity index (χ4v) is 2.66. The van der Waals surface area contributed by atoms with Crippen LogP contribution in [0.4, 0.5) is 16.4 Å². The van der Waals surface area contributed by atoms with E-state index in [1.54, 1.807) is 18.2 Å². The lowest BCUT2D eigenvalue weighted by Crippen LogP contribution is -2.19. The summed E-state index contributed by atoms with van der Waals surface area (Å²) in [6.07, 6.45) is 2.17. The molecular weight excluding hydrogens is 366 g/mol. The van der Waals surface area contributed by atoms with Crippen LogP contribution in [0, 0.1) is 0 Å². The third kappa shape index (κ3) is 2.56. The quantitative estimate of drug-likeness (QED) is 0.720. The van der Waals surface area contributed by atoms with E-state index in [4.69, 9.17) is 9.15 Å². The summed E-state index contributed by atoms with van der Waals surface area (Å²) in [6.45, 7) is 2.12. The molecule has 8 nitrogen and oxygen atoms in total. The number of nitrogens with one attached hydrogen (secondary N) is 2. The maximum absolute atomic E-state index is 12.1. The molecule has 1 fully saturated rings. The minimum absolute atomic E-state index is 0.0875. The standard InChI is InChI=1S/C14H12BrN5O3/c1-14(4-5-14)9-6-10(22-18-9)17-13(21)16-8-3-2-7(15)11-12(8)20-23-19-11/h2-3,6H,4-5H2,1H3,(H2,16,17,21). The van der Waals surface area contributed by atoms with E-state index in [-0.39, 0.29) is 5.41 Å². The summed E-state index contributed by atoms with van der Waals surface area (Å²) < 4.78 is 10.6.